The predicted molar refractivity (Wildman–Crippen MR) is 83.6 cm³/mol. The van der Waals surface area contributed by atoms with Crippen LogP contribution < -0.4 is 5.32 Å². The van der Waals surface area contributed by atoms with Crippen molar-refractivity contribution in [1.82, 2.24) is 0 Å². The third-order valence-electron chi connectivity index (χ3n) is 3.92. The molecule has 4 nitrogen and oxygen atoms in total. The van der Waals surface area contributed by atoms with Gasteiger partial charge in [0.2, 0.25) is 0 Å². The Kier molecular flexibility index (Phi) is 3.60. The van der Waals surface area contributed by atoms with Crippen molar-refractivity contribution in [2.75, 3.05) is 5.32 Å². The molecule has 0 saturated heterocycles. The summed E-state index contributed by atoms with van der Waals surface area (Å²) < 4.78 is 0. The number of aryl methyl sites for hydroxylation is 1. The van der Waals surface area contributed by atoms with Gasteiger partial charge in [-0.3, -0.25) is 10.1 Å². The van der Waals surface area contributed by atoms with Crippen molar-refractivity contribution >= 4 is 11.4 Å². The van der Waals surface area contributed by atoms with Crippen LogP contribution in [0, 0.1) is 17.0 Å². The van der Waals surface area contributed by atoms with E-state index in [1.807, 2.05) is 6.07 Å². The van der Waals surface area contributed by atoms with Crippen LogP contribution in [0.4, 0.5) is 11.4 Å². The Bertz CT molecular complexity index is 661. The number of rotatable bonds is 5. The molecule has 2 aromatic rings. The molecule has 2 aromatic carbocycles. The molecule has 3 rings (SSSR count). The minimum Gasteiger partial charge on any atom is -0.381 e. The summed E-state index contributed by atoms with van der Waals surface area (Å²) >= 11 is 0. The molecule has 0 amide bonds. The van der Waals surface area contributed by atoms with Gasteiger partial charge in [0.1, 0.15) is 0 Å². The summed E-state index contributed by atoms with van der Waals surface area (Å²) in [4.78, 5) is 10.4. The Morgan fingerprint density at radius 2 is 1.90 bits per heavy atom. The van der Waals surface area contributed by atoms with Crippen LogP contribution in [0.3, 0.4) is 0 Å². The number of nitrogens with zero attached hydrogens (tertiary/aromatic N) is 1. The molecule has 1 aliphatic rings. The van der Waals surface area contributed by atoms with Crippen LogP contribution >= 0.6 is 0 Å². The predicted octanol–water partition coefficient (Wildman–Crippen LogP) is 4.39. The summed E-state index contributed by atoms with van der Waals surface area (Å²) in [6, 6.07) is 13.8. The lowest BCUT2D eigenvalue weighted by molar-refractivity contribution is -0.385. The minimum atomic E-state index is -0.351. The summed E-state index contributed by atoms with van der Waals surface area (Å²) in [6.45, 7) is 2.48. The zero-order valence-corrected chi connectivity index (χ0v) is 12.0. The van der Waals surface area contributed by atoms with Crippen molar-refractivity contribution < 1.29 is 4.92 Å². The van der Waals surface area contributed by atoms with Crippen LogP contribution in [0.1, 0.15) is 35.4 Å². The molecule has 21 heavy (non-hydrogen) atoms. The lowest BCUT2D eigenvalue weighted by Gasteiger charge is -2.08. The smallest absolute Gasteiger partial charge is 0.272 e. The zero-order valence-electron chi connectivity index (χ0n) is 12.0. The molecule has 0 spiro atoms. The first kappa shape index (κ1) is 13.6. The highest BCUT2D eigenvalue weighted by molar-refractivity contribution is 5.53. The molecule has 1 fully saturated rings. The Morgan fingerprint density at radius 3 is 2.48 bits per heavy atom. The van der Waals surface area contributed by atoms with Gasteiger partial charge in [0.05, 0.1) is 4.92 Å². The van der Waals surface area contributed by atoms with Crippen LogP contribution in [0.15, 0.2) is 42.5 Å². The first-order valence-electron chi connectivity index (χ1n) is 7.21. The number of nitro benzene ring substituents is 1. The van der Waals surface area contributed by atoms with Crippen LogP contribution in [0.25, 0.3) is 0 Å². The first-order valence-corrected chi connectivity index (χ1v) is 7.21. The van der Waals surface area contributed by atoms with Gasteiger partial charge in [-0.2, -0.15) is 0 Å². The zero-order chi connectivity index (χ0) is 14.8. The van der Waals surface area contributed by atoms with E-state index in [9.17, 15) is 10.1 Å². The maximum atomic E-state index is 10.8. The molecule has 0 aromatic heterocycles. The van der Waals surface area contributed by atoms with E-state index in [1.54, 1.807) is 19.1 Å². The Hall–Kier alpha value is -2.36. The highest BCUT2D eigenvalue weighted by atomic mass is 16.6. The normalized spacial score (nSPS) is 14.0. The van der Waals surface area contributed by atoms with E-state index in [0.29, 0.717) is 5.56 Å². The van der Waals surface area contributed by atoms with Gasteiger partial charge in [0.15, 0.2) is 0 Å². The molecule has 0 unspecified atom stereocenters. The average Bonchev–Trinajstić information content (AvgIpc) is 3.30. The number of nitrogens with one attached hydrogen (secondary N) is 1. The van der Waals surface area contributed by atoms with Crippen molar-refractivity contribution in [1.29, 1.82) is 0 Å². The van der Waals surface area contributed by atoms with E-state index < -0.39 is 0 Å². The number of hydrogen-bond acceptors (Lipinski definition) is 3. The lowest BCUT2D eigenvalue weighted by atomic mass is 10.1. The van der Waals surface area contributed by atoms with Gasteiger partial charge in [-0.1, -0.05) is 24.3 Å². The van der Waals surface area contributed by atoms with Crippen LogP contribution in [0.5, 0.6) is 0 Å². The number of anilines is 1. The average molecular weight is 282 g/mol. The SMILES string of the molecule is Cc1cc(NCc2ccc(C3CC3)cc2)ccc1[N+](=O)[O-]. The van der Waals surface area contributed by atoms with Crippen molar-refractivity contribution in [2.45, 2.75) is 32.2 Å². The monoisotopic (exact) mass is 282 g/mol. The molecule has 0 aliphatic heterocycles. The number of hydrogen-bond donors (Lipinski definition) is 1. The van der Waals surface area contributed by atoms with Crippen LogP contribution in [-0.4, -0.2) is 4.92 Å². The van der Waals surface area contributed by atoms with Gasteiger partial charge in [0.25, 0.3) is 5.69 Å². The van der Waals surface area contributed by atoms with Crippen molar-refractivity contribution in [3.05, 3.63) is 69.3 Å². The molecule has 108 valence electrons. The molecule has 1 saturated carbocycles. The highest BCUT2D eigenvalue weighted by Gasteiger charge is 2.22. The largest absolute Gasteiger partial charge is 0.381 e. The van der Waals surface area contributed by atoms with Crippen molar-refractivity contribution in [3.63, 3.8) is 0 Å². The second-order valence-corrected chi connectivity index (χ2v) is 5.63. The molecular weight excluding hydrogens is 264 g/mol. The molecule has 0 radical (unpaired) electrons. The summed E-state index contributed by atoms with van der Waals surface area (Å²) in [7, 11) is 0. The van der Waals surface area contributed by atoms with Crippen LogP contribution in [0.2, 0.25) is 0 Å². The van der Waals surface area contributed by atoms with Crippen LogP contribution in [-0.2, 0) is 6.54 Å². The summed E-state index contributed by atoms with van der Waals surface area (Å²) in [5.74, 6) is 0.782. The van der Waals surface area contributed by atoms with Crippen molar-refractivity contribution in [2.24, 2.45) is 0 Å². The quantitative estimate of drug-likeness (QED) is 0.653. The summed E-state index contributed by atoms with van der Waals surface area (Å²) in [5, 5.41) is 14.1. The number of nitro groups is 1. The highest BCUT2D eigenvalue weighted by Crippen LogP contribution is 2.39. The molecule has 0 atom stereocenters. The van der Waals surface area contributed by atoms with Gasteiger partial charge >= 0.3 is 0 Å². The summed E-state index contributed by atoms with van der Waals surface area (Å²) in [5.41, 5.74) is 4.40. The first-order chi connectivity index (χ1) is 10.1. The lowest BCUT2D eigenvalue weighted by Crippen LogP contribution is -2.00. The second-order valence-electron chi connectivity index (χ2n) is 5.63. The molecular formula is C17H18N2O2. The standard InChI is InChI=1S/C17H18N2O2/c1-12-10-16(8-9-17(12)19(20)21)18-11-13-2-4-14(5-3-13)15-6-7-15/h2-5,8-10,15,18H,6-7,11H2,1H3. The van der Waals surface area contributed by atoms with Gasteiger partial charge < -0.3 is 5.32 Å². The summed E-state index contributed by atoms with van der Waals surface area (Å²) in [6.07, 6.45) is 2.64. The third-order valence-corrected chi connectivity index (χ3v) is 3.92. The van der Waals surface area contributed by atoms with E-state index in [-0.39, 0.29) is 10.6 Å². The fraction of sp³-hybridized carbons (Fsp3) is 0.294. The minimum absolute atomic E-state index is 0.161. The van der Waals surface area contributed by atoms with Gasteiger partial charge in [-0.05, 0) is 48.9 Å². The Balaban J connectivity index is 1.64. The van der Waals surface area contributed by atoms with Gasteiger partial charge in [-0.25, -0.2) is 0 Å². The number of benzene rings is 2. The fourth-order valence-corrected chi connectivity index (χ4v) is 2.50. The fourth-order valence-electron chi connectivity index (χ4n) is 2.50. The molecule has 0 bridgehead atoms. The van der Waals surface area contributed by atoms with E-state index in [1.165, 1.54) is 24.0 Å². The molecule has 1 N–H and O–H groups in total. The van der Waals surface area contributed by atoms with Gasteiger partial charge in [-0.15, -0.1) is 0 Å². The maximum Gasteiger partial charge on any atom is 0.272 e. The third kappa shape index (κ3) is 3.21. The van der Waals surface area contributed by atoms with E-state index in [4.69, 9.17) is 0 Å². The van der Waals surface area contributed by atoms with Gasteiger partial charge in [0, 0.05) is 23.9 Å². The van der Waals surface area contributed by atoms with E-state index in [2.05, 4.69) is 29.6 Å². The molecule has 0 heterocycles. The topological polar surface area (TPSA) is 55.2 Å². The Labute approximate surface area is 124 Å². The second kappa shape index (κ2) is 5.56. The Morgan fingerprint density at radius 1 is 1.19 bits per heavy atom. The van der Waals surface area contributed by atoms with E-state index in [0.717, 1.165) is 18.2 Å². The van der Waals surface area contributed by atoms with E-state index >= 15 is 0 Å². The molecule has 4 heteroatoms. The molecule has 1 aliphatic carbocycles. The maximum absolute atomic E-state index is 10.8. The van der Waals surface area contributed by atoms with Crippen molar-refractivity contribution in [3.8, 4) is 0 Å².